The summed E-state index contributed by atoms with van der Waals surface area (Å²) in [5.74, 6) is -0.428. The maximum Gasteiger partial charge on any atom is 0.341 e. The number of nitro groups is 1. The predicted octanol–water partition coefficient (Wildman–Crippen LogP) is 2.28. The van der Waals surface area contributed by atoms with Crippen LogP contribution in [-0.4, -0.2) is 25.1 Å². The first kappa shape index (κ1) is 13.4. The van der Waals surface area contributed by atoms with E-state index in [0.717, 1.165) is 6.07 Å². The minimum atomic E-state index is -0.675. The van der Waals surface area contributed by atoms with Gasteiger partial charge in [-0.25, -0.2) is 4.79 Å². The van der Waals surface area contributed by atoms with Gasteiger partial charge in [0.2, 0.25) is 0 Å². The zero-order valence-corrected chi connectivity index (χ0v) is 10.8. The first-order valence-electron chi connectivity index (χ1n) is 4.54. The number of alkyl halides is 1. The number of methoxy groups -OCH3 is 2. The van der Waals surface area contributed by atoms with Crippen LogP contribution >= 0.6 is 15.9 Å². The monoisotopic (exact) mass is 303 g/mol. The third-order valence-corrected chi connectivity index (χ3v) is 2.75. The summed E-state index contributed by atoms with van der Waals surface area (Å²) in [5, 5.41) is 11.1. The van der Waals surface area contributed by atoms with Gasteiger partial charge in [0.1, 0.15) is 11.3 Å². The van der Waals surface area contributed by atoms with Crippen LogP contribution in [0.4, 0.5) is 5.69 Å². The van der Waals surface area contributed by atoms with Gasteiger partial charge < -0.3 is 9.47 Å². The highest BCUT2D eigenvalue weighted by molar-refractivity contribution is 9.08. The van der Waals surface area contributed by atoms with Crippen molar-refractivity contribution < 1.29 is 19.2 Å². The number of carbonyl (C=O) groups is 1. The normalized spacial score (nSPS) is 9.82. The quantitative estimate of drug-likeness (QED) is 0.369. The van der Waals surface area contributed by atoms with Crippen LogP contribution in [0.1, 0.15) is 15.9 Å². The molecule has 0 saturated carbocycles. The van der Waals surface area contributed by atoms with Gasteiger partial charge in [-0.3, -0.25) is 10.1 Å². The molecule has 0 aliphatic rings. The number of nitro benzene ring substituents is 1. The van der Waals surface area contributed by atoms with Crippen LogP contribution in [0.15, 0.2) is 12.1 Å². The maximum absolute atomic E-state index is 11.4. The molecule has 0 bridgehead atoms. The third-order valence-electron chi connectivity index (χ3n) is 2.15. The molecule has 0 heterocycles. The lowest BCUT2D eigenvalue weighted by molar-refractivity contribution is -0.385. The van der Waals surface area contributed by atoms with E-state index in [2.05, 4.69) is 20.7 Å². The number of esters is 1. The molecule has 1 aromatic rings. The fourth-order valence-electron chi connectivity index (χ4n) is 1.33. The number of hydrogen-bond acceptors (Lipinski definition) is 5. The molecule has 0 saturated heterocycles. The van der Waals surface area contributed by atoms with Gasteiger partial charge in [-0.05, 0) is 6.07 Å². The highest BCUT2D eigenvalue weighted by Crippen LogP contribution is 2.30. The van der Waals surface area contributed by atoms with Gasteiger partial charge in [-0.15, -0.1) is 0 Å². The molecule has 0 aromatic heterocycles. The lowest BCUT2D eigenvalue weighted by atomic mass is 10.1. The van der Waals surface area contributed by atoms with Gasteiger partial charge in [0.25, 0.3) is 5.69 Å². The topological polar surface area (TPSA) is 78.7 Å². The Kier molecular flexibility index (Phi) is 4.45. The molecule has 0 N–H and O–H groups in total. The number of benzene rings is 1. The van der Waals surface area contributed by atoms with Crippen LogP contribution < -0.4 is 4.74 Å². The fraction of sp³-hybridized carbons (Fsp3) is 0.300. The van der Waals surface area contributed by atoms with E-state index in [1.165, 1.54) is 20.3 Å². The van der Waals surface area contributed by atoms with Crippen molar-refractivity contribution in [2.75, 3.05) is 14.2 Å². The Labute approximate surface area is 106 Å². The first-order chi connectivity index (χ1) is 8.04. The summed E-state index contributed by atoms with van der Waals surface area (Å²) in [4.78, 5) is 21.7. The number of ether oxygens (including phenoxy) is 2. The van der Waals surface area contributed by atoms with Crippen molar-refractivity contribution in [1.29, 1.82) is 0 Å². The van der Waals surface area contributed by atoms with Gasteiger partial charge >= 0.3 is 5.97 Å². The lowest BCUT2D eigenvalue weighted by Crippen LogP contribution is -2.06. The summed E-state index contributed by atoms with van der Waals surface area (Å²) in [6, 6.07) is 2.60. The second kappa shape index (κ2) is 5.62. The summed E-state index contributed by atoms with van der Waals surface area (Å²) in [5.41, 5.74) is 0.314. The molecule has 17 heavy (non-hydrogen) atoms. The Balaban J connectivity index is 3.44. The Hall–Kier alpha value is -1.63. The maximum atomic E-state index is 11.4. The van der Waals surface area contributed by atoms with Gasteiger partial charge in [-0.2, -0.15) is 0 Å². The smallest absolute Gasteiger partial charge is 0.341 e. The van der Waals surface area contributed by atoms with Gasteiger partial charge in [-0.1, -0.05) is 15.9 Å². The van der Waals surface area contributed by atoms with Gasteiger partial charge in [0.05, 0.1) is 19.1 Å². The Morgan fingerprint density at radius 1 is 1.47 bits per heavy atom. The molecule has 0 fully saturated rings. The van der Waals surface area contributed by atoms with Crippen molar-refractivity contribution in [3.63, 3.8) is 0 Å². The molecule has 0 radical (unpaired) electrons. The molecular weight excluding hydrogens is 294 g/mol. The van der Waals surface area contributed by atoms with E-state index in [0.29, 0.717) is 10.9 Å². The van der Waals surface area contributed by atoms with Crippen LogP contribution in [0.2, 0.25) is 0 Å². The van der Waals surface area contributed by atoms with E-state index in [1.54, 1.807) is 0 Å². The summed E-state index contributed by atoms with van der Waals surface area (Å²) in [6.45, 7) is 0. The summed E-state index contributed by atoms with van der Waals surface area (Å²) >= 11 is 3.14. The molecule has 1 rings (SSSR count). The molecule has 0 amide bonds. The average Bonchev–Trinajstić information content (AvgIpc) is 2.35. The standard InChI is InChI=1S/C10H10BrNO5/c1-16-9-3-6(5-11)8(12(14)15)4-7(9)10(13)17-2/h3-4H,5H2,1-2H3. The van der Waals surface area contributed by atoms with E-state index in [-0.39, 0.29) is 17.0 Å². The number of rotatable bonds is 4. The number of carbonyl (C=O) groups excluding carboxylic acids is 1. The number of hydrogen-bond donors (Lipinski definition) is 0. The van der Waals surface area contributed by atoms with E-state index in [1.807, 2.05) is 0 Å². The van der Waals surface area contributed by atoms with Crippen molar-refractivity contribution in [1.82, 2.24) is 0 Å². The molecule has 0 atom stereocenters. The zero-order chi connectivity index (χ0) is 13.0. The predicted molar refractivity (Wildman–Crippen MR) is 63.6 cm³/mol. The highest BCUT2D eigenvalue weighted by Gasteiger charge is 2.22. The van der Waals surface area contributed by atoms with E-state index in [4.69, 9.17) is 4.74 Å². The van der Waals surface area contributed by atoms with E-state index < -0.39 is 10.9 Å². The van der Waals surface area contributed by atoms with E-state index in [9.17, 15) is 14.9 Å². The SMILES string of the molecule is COC(=O)c1cc([N+](=O)[O-])c(CBr)cc1OC. The van der Waals surface area contributed by atoms with Crippen LogP contribution in [0.3, 0.4) is 0 Å². The van der Waals surface area contributed by atoms with Crippen LogP contribution in [-0.2, 0) is 10.1 Å². The molecule has 0 aliphatic heterocycles. The minimum Gasteiger partial charge on any atom is -0.496 e. The molecule has 0 aliphatic carbocycles. The Morgan fingerprint density at radius 3 is 2.53 bits per heavy atom. The van der Waals surface area contributed by atoms with Gasteiger partial charge in [0.15, 0.2) is 0 Å². The molecule has 0 spiro atoms. The molecule has 0 unspecified atom stereocenters. The second-order valence-electron chi connectivity index (χ2n) is 3.06. The second-order valence-corrected chi connectivity index (χ2v) is 3.62. The average molecular weight is 304 g/mol. The minimum absolute atomic E-state index is 0.0337. The van der Waals surface area contributed by atoms with Crippen molar-refractivity contribution in [2.24, 2.45) is 0 Å². The summed E-state index contributed by atoms with van der Waals surface area (Å²) < 4.78 is 9.54. The lowest BCUT2D eigenvalue weighted by Gasteiger charge is -2.08. The Morgan fingerprint density at radius 2 is 2.12 bits per heavy atom. The van der Waals surface area contributed by atoms with Crippen LogP contribution in [0.5, 0.6) is 5.75 Å². The molecule has 1 aromatic carbocycles. The number of halogens is 1. The largest absolute Gasteiger partial charge is 0.496 e. The van der Waals surface area contributed by atoms with E-state index >= 15 is 0 Å². The first-order valence-corrected chi connectivity index (χ1v) is 5.66. The highest BCUT2D eigenvalue weighted by atomic mass is 79.9. The molecule has 6 nitrogen and oxygen atoms in total. The summed E-state index contributed by atoms with van der Waals surface area (Å²) in [7, 11) is 2.58. The fourth-order valence-corrected chi connectivity index (χ4v) is 1.77. The van der Waals surface area contributed by atoms with Crippen molar-refractivity contribution >= 4 is 27.6 Å². The third kappa shape index (κ3) is 2.73. The van der Waals surface area contributed by atoms with Crippen LogP contribution in [0.25, 0.3) is 0 Å². The molecular formula is C10H10BrNO5. The summed E-state index contributed by atoms with van der Waals surface area (Å²) in [6.07, 6.45) is 0. The Bertz CT molecular complexity index is 460. The molecule has 92 valence electrons. The van der Waals surface area contributed by atoms with Crippen molar-refractivity contribution in [2.45, 2.75) is 5.33 Å². The van der Waals surface area contributed by atoms with Crippen molar-refractivity contribution in [3.8, 4) is 5.75 Å². The zero-order valence-electron chi connectivity index (χ0n) is 9.23. The van der Waals surface area contributed by atoms with Crippen molar-refractivity contribution in [3.05, 3.63) is 33.4 Å². The van der Waals surface area contributed by atoms with Crippen LogP contribution in [0, 0.1) is 10.1 Å². The molecule has 7 heteroatoms. The number of nitrogens with zero attached hydrogens (tertiary/aromatic N) is 1. The van der Waals surface area contributed by atoms with Gasteiger partial charge in [0, 0.05) is 17.0 Å².